The maximum atomic E-state index is 14.3. The van der Waals surface area contributed by atoms with Crippen LogP contribution in [0, 0.1) is 5.82 Å². The molecule has 0 fully saturated rings. The number of carbonyl (C=O) groups is 1. The van der Waals surface area contributed by atoms with Crippen LogP contribution in [0.5, 0.6) is 0 Å². The number of benzene rings is 1. The average molecular weight is 350 g/mol. The third-order valence-corrected chi connectivity index (χ3v) is 3.61. The maximum absolute atomic E-state index is 14.3. The smallest absolute Gasteiger partial charge is 0.358 e. The molecule has 4 nitrogen and oxygen atoms in total. The number of nitrogen functional groups attached to an aromatic ring is 1. The number of anilines is 1. The van der Waals surface area contributed by atoms with Gasteiger partial charge in [0.1, 0.15) is 5.69 Å². The number of nitrogens with two attached hydrogens (primary N) is 1. The Morgan fingerprint density at radius 3 is 2.57 bits per heavy atom. The Kier molecular flexibility index (Phi) is 4.56. The highest BCUT2D eigenvalue weighted by atomic mass is 35.5. The maximum Gasteiger partial charge on any atom is 0.358 e. The van der Waals surface area contributed by atoms with Gasteiger partial charge in [0, 0.05) is 10.6 Å². The molecular formula is C13H8Cl3FN2O2. The van der Waals surface area contributed by atoms with Gasteiger partial charge in [-0.25, -0.2) is 14.2 Å². The van der Waals surface area contributed by atoms with Crippen LogP contribution in [0.15, 0.2) is 18.2 Å². The van der Waals surface area contributed by atoms with E-state index in [0.29, 0.717) is 5.02 Å². The van der Waals surface area contributed by atoms with E-state index in [1.54, 1.807) is 0 Å². The Bertz CT molecular complexity index is 738. The SMILES string of the molecule is COC(=O)c1nc(-c2ccc(Cl)cc2Cl)c(F)c(N)c1Cl. The van der Waals surface area contributed by atoms with Crippen molar-refractivity contribution in [3.63, 3.8) is 0 Å². The van der Waals surface area contributed by atoms with Crippen LogP contribution in [-0.4, -0.2) is 18.1 Å². The number of nitrogens with zero attached hydrogens (tertiary/aromatic N) is 1. The summed E-state index contributed by atoms with van der Waals surface area (Å²) in [5.41, 5.74) is 4.89. The molecule has 2 N–H and O–H groups in total. The van der Waals surface area contributed by atoms with E-state index in [4.69, 9.17) is 40.5 Å². The monoisotopic (exact) mass is 348 g/mol. The minimum absolute atomic E-state index is 0.159. The molecule has 0 amide bonds. The number of pyridine rings is 1. The predicted octanol–water partition coefficient (Wildman–Crippen LogP) is 4.22. The zero-order valence-electron chi connectivity index (χ0n) is 10.6. The second-order valence-corrected chi connectivity index (χ2v) is 5.19. The molecule has 0 bridgehead atoms. The number of rotatable bonds is 2. The first-order valence-corrected chi connectivity index (χ1v) is 6.68. The Morgan fingerprint density at radius 1 is 1.33 bits per heavy atom. The van der Waals surface area contributed by atoms with Crippen molar-refractivity contribution in [2.45, 2.75) is 0 Å². The number of esters is 1. The summed E-state index contributed by atoms with van der Waals surface area (Å²) >= 11 is 17.6. The topological polar surface area (TPSA) is 65.2 Å². The summed E-state index contributed by atoms with van der Waals surface area (Å²) in [6.45, 7) is 0. The molecule has 8 heteroatoms. The summed E-state index contributed by atoms with van der Waals surface area (Å²) in [6.07, 6.45) is 0. The van der Waals surface area contributed by atoms with Gasteiger partial charge < -0.3 is 10.5 Å². The minimum atomic E-state index is -0.878. The highest BCUT2D eigenvalue weighted by Gasteiger charge is 2.23. The van der Waals surface area contributed by atoms with Crippen molar-refractivity contribution in [3.8, 4) is 11.3 Å². The number of methoxy groups -OCH3 is 1. The van der Waals surface area contributed by atoms with Crippen LogP contribution < -0.4 is 5.73 Å². The molecule has 0 aliphatic rings. The van der Waals surface area contributed by atoms with Gasteiger partial charge in [0.15, 0.2) is 11.5 Å². The Hall–Kier alpha value is -1.56. The van der Waals surface area contributed by atoms with Crippen LogP contribution in [0.25, 0.3) is 11.3 Å². The van der Waals surface area contributed by atoms with Gasteiger partial charge >= 0.3 is 5.97 Å². The number of carbonyl (C=O) groups excluding carboxylic acids is 1. The molecule has 1 heterocycles. The number of aromatic nitrogens is 1. The van der Waals surface area contributed by atoms with E-state index in [2.05, 4.69) is 9.72 Å². The largest absolute Gasteiger partial charge is 0.464 e. The molecule has 0 aliphatic heterocycles. The molecule has 0 aliphatic carbocycles. The molecule has 110 valence electrons. The van der Waals surface area contributed by atoms with Crippen molar-refractivity contribution >= 4 is 46.5 Å². The van der Waals surface area contributed by atoms with Gasteiger partial charge in [-0.15, -0.1) is 0 Å². The Morgan fingerprint density at radius 2 is 2.00 bits per heavy atom. The van der Waals surface area contributed by atoms with Crippen molar-refractivity contribution in [2.75, 3.05) is 12.8 Å². The van der Waals surface area contributed by atoms with Crippen LogP contribution in [0.1, 0.15) is 10.5 Å². The summed E-state index contributed by atoms with van der Waals surface area (Å²) in [5.74, 6) is -1.71. The van der Waals surface area contributed by atoms with E-state index in [-0.39, 0.29) is 27.0 Å². The van der Waals surface area contributed by atoms with Gasteiger partial charge in [-0.1, -0.05) is 34.8 Å². The second-order valence-electron chi connectivity index (χ2n) is 3.97. The fraction of sp³-hybridized carbons (Fsp3) is 0.0769. The van der Waals surface area contributed by atoms with Crippen molar-refractivity contribution in [1.29, 1.82) is 0 Å². The van der Waals surface area contributed by atoms with E-state index < -0.39 is 17.5 Å². The summed E-state index contributed by atoms with van der Waals surface area (Å²) in [4.78, 5) is 15.5. The third kappa shape index (κ3) is 2.90. The van der Waals surface area contributed by atoms with Crippen molar-refractivity contribution < 1.29 is 13.9 Å². The summed E-state index contributed by atoms with van der Waals surface area (Å²) in [5, 5.41) is 0.221. The van der Waals surface area contributed by atoms with Crippen molar-refractivity contribution in [2.24, 2.45) is 0 Å². The molecule has 1 aromatic heterocycles. The second kappa shape index (κ2) is 6.05. The standard InChI is InChI=1S/C13H8Cl3FN2O2/c1-21-13(20)12-8(16)10(18)9(17)11(19-12)6-3-2-5(14)4-7(6)15/h2-4H,1H3,(H2,18,19). The first-order chi connectivity index (χ1) is 9.86. The molecule has 0 saturated heterocycles. The van der Waals surface area contributed by atoms with Gasteiger partial charge in [-0.2, -0.15) is 0 Å². The van der Waals surface area contributed by atoms with Gasteiger partial charge in [0.25, 0.3) is 0 Å². The van der Waals surface area contributed by atoms with Crippen LogP contribution >= 0.6 is 34.8 Å². The molecule has 0 spiro atoms. The average Bonchev–Trinajstić information content (AvgIpc) is 2.45. The first-order valence-electron chi connectivity index (χ1n) is 5.55. The number of hydrogen-bond donors (Lipinski definition) is 1. The number of hydrogen-bond acceptors (Lipinski definition) is 4. The Balaban J connectivity index is 2.74. The Labute approximate surface area is 134 Å². The van der Waals surface area contributed by atoms with Gasteiger partial charge in [0.2, 0.25) is 0 Å². The highest BCUT2D eigenvalue weighted by Crippen LogP contribution is 2.36. The highest BCUT2D eigenvalue weighted by molar-refractivity contribution is 6.37. The predicted molar refractivity (Wildman–Crippen MR) is 80.4 cm³/mol. The molecule has 21 heavy (non-hydrogen) atoms. The van der Waals surface area contributed by atoms with Gasteiger partial charge in [-0.3, -0.25) is 0 Å². The lowest BCUT2D eigenvalue weighted by Crippen LogP contribution is -2.10. The van der Waals surface area contributed by atoms with Crippen molar-refractivity contribution in [3.05, 3.63) is 44.8 Å². The molecule has 0 unspecified atom stereocenters. The zero-order valence-corrected chi connectivity index (χ0v) is 12.9. The third-order valence-electron chi connectivity index (χ3n) is 2.68. The van der Waals surface area contributed by atoms with Gasteiger partial charge in [-0.05, 0) is 18.2 Å². The normalized spacial score (nSPS) is 10.5. The molecule has 0 radical (unpaired) electrons. The summed E-state index contributed by atoms with van der Waals surface area (Å²) < 4.78 is 18.8. The number of halogens is 4. The minimum Gasteiger partial charge on any atom is -0.464 e. The molecule has 0 saturated carbocycles. The van der Waals surface area contributed by atoms with E-state index in [1.807, 2.05) is 0 Å². The lowest BCUT2D eigenvalue weighted by Gasteiger charge is -2.11. The van der Waals surface area contributed by atoms with Crippen LogP contribution in [0.3, 0.4) is 0 Å². The van der Waals surface area contributed by atoms with E-state index in [1.165, 1.54) is 18.2 Å². The fourth-order valence-electron chi connectivity index (χ4n) is 1.65. The van der Waals surface area contributed by atoms with Gasteiger partial charge in [0.05, 0.1) is 22.8 Å². The van der Waals surface area contributed by atoms with Crippen LogP contribution in [-0.2, 0) is 4.74 Å². The molecule has 0 atom stereocenters. The molecular weight excluding hydrogens is 342 g/mol. The lowest BCUT2D eigenvalue weighted by molar-refractivity contribution is 0.0594. The van der Waals surface area contributed by atoms with Crippen LogP contribution in [0.4, 0.5) is 10.1 Å². The summed E-state index contributed by atoms with van der Waals surface area (Å²) in [6, 6.07) is 4.39. The van der Waals surface area contributed by atoms with Crippen LogP contribution in [0.2, 0.25) is 15.1 Å². The van der Waals surface area contributed by atoms with E-state index >= 15 is 0 Å². The lowest BCUT2D eigenvalue weighted by atomic mass is 10.1. The molecule has 2 aromatic rings. The first kappa shape index (κ1) is 15.8. The fourth-order valence-corrected chi connectivity index (χ4v) is 2.35. The van der Waals surface area contributed by atoms with E-state index in [0.717, 1.165) is 7.11 Å². The van der Waals surface area contributed by atoms with E-state index in [9.17, 15) is 9.18 Å². The summed E-state index contributed by atoms with van der Waals surface area (Å²) in [7, 11) is 1.15. The number of ether oxygens (including phenoxy) is 1. The van der Waals surface area contributed by atoms with Crippen molar-refractivity contribution in [1.82, 2.24) is 4.98 Å². The molecule has 1 aromatic carbocycles. The molecule has 2 rings (SSSR count). The zero-order chi connectivity index (χ0) is 15.7. The quantitative estimate of drug-likeness (QED) is 0.825.